The fourth-order valence-electron chi connectivity index (χ4n) is 1.85. The molecule has 0 atom stereocenters. The summed E-state index contributed by atoms with van der Waals surface area (Å²) in [5.74, 6) is -0.254. The molecule has 0 unspecified atom stereocenters. The molecule has 0 radical (unpaired) electrons. The third-order valence-electron chi connectivity index (χ3n) is 2.89. The van der Waals surface area contributed by atoms with Gasteiger partial charge in [0.05, 0.1) is 30.6 Å². The van der Waals surface area contributed by atoms with Crippen LogP contribution in [0.3, 0.4) is 0 Å². The molecule has 0 aliphatic carbocycles. The van der Waals surface area contributed by atoms with Crippen LogP contribution in [0.5, 0.6) is 0 Å². The van der Waals surface area contributed by atoms with Crippen LogP contribution in [-0.4, -0.2) is 17.6 Å². The standard InChI is InChI=1S/C16H18N2O2/c17-14-8-9-15(18-12-14)11-16(19)20-10-4-7-13-5-2-1-3-6-13/h1-3,5-6,8-9,12H,4,7,10-11,17H2. The molecule has 0 spiro atoms. The molecular weight excluding hydrogens is 252 g/mol. The normalized spacial score (nSPS) is 10.2. The zero-order valence-electron chi connectivity index (χ0n) is 11.3. The Balaban J connectivity index is 1.66. The minimum absolute atomic E-state index is 0.186. The first-order valence-electron chi connectivity index (χ1n) is 6.64. The van der Waals surface area contributed by atoms with Crippen molar-refractivity contribution < 1.29 is 9.53 Å². The third-order valence-corrected chi connectivity index (χ3v) is 2.89. The molecule has 1 aromatic heterocycles. The number of ether oxygens (including phenoxy) is 1. The summed E-state index contributed by atoms with van der Waals surface area (Å²) in [5, 5.41) is 0. The molecule has 4 nitrogen and oxygen atoms in total. The number of esters is 1. The Labute approximate surface area is 118 Å². The van der Waals surface area contributed by atoms with Crippen LogP contribution in [0.1, 0.15) is 17.7 Å². The fourth-order valence-corrected chi connectivity index (χ4v) is 1.85. The number of carbonyl (C=O) groups excluding carboxylic acids is 1. The Morgan fingerprint density at radius 3 is 2.65 bits per heavy atom. The van der Waals surface area contributed by atoms with E-state index in [1.54, 1.807) is 12.1 Å². The average molecular weight is 270 g/mol. The lowest BCUT2D eigenvalue weighted by Gasteiger charge is -2.05. The molecule has 0 aliphatic heterocycles. The van der Waals surface area contributed by atoms with E-state index in [4.69, 9.17) is 10.5 Å². The molecule has 20 heavy (non-hydrogen) atoms. The van der Waals surface area contributed by atoms with E-state index in [2.05, 4.69) is 17.1 Å². The van der Waals surface area contributed by atoms with Crippen molar-refractivity contribution in [2.45, 2.75) is 19.3 Å². The zero-order chi connectivity index (χ0) is 14.2. The van der Waals surface area contributed by atoms with Crippen molar-refractivity contribution in [2.75, 3.05) is 12.3 Å². The molecule has 0 saturated carbocycles. The van der Waals surface area contributed by atoms with Gasteiger partial charge in [-0.15, -0.1) is 0 Å². The Morgan fingerprint density at radius 2 is 1.95 bits per heavy atom. The monoisotopic (exact) mass is 270 g/mol. The van der Waals surface area contributed by atoms with E-state index in [-0.39, 0.29) is 12.4 Å². The van der Waals surface area contributed by atoms with Gasteiger partial charge in [-0.3, -0.25) is 9.78 Å². The summed E-state index contributed by atoms with van der Waals surface area (Å²) in [7, 11) is 0. The van der Waals surface area contributed by atoms with Crippen molar-refractivity contribution in [1.82, 2.24) is 4.98 Å². The summed E-state index contributed by atoms with van der Waals surface area (Å²) in [6.45, 7) is 0.433. The predicted molar refractivity (Wildman–Crippen MR) is 78.1 cm³/mol. The van der Waals surface area contributed by atoms with E-state index < -0.39 is 0 Å². The van der Waals surface area contributed by atoms with E-state index in [0.717, 1.165) is 12.8 Å². The maximum absolute atomic E-state index is 11.6. The van der Waals surface area contributed by atoms with E-state index in [1.165, 1.54) is 11.8 Å². The number of pyridine rings is 1. The maximum Gasteiger partial charge on any atom is 0.311 e. The lowest BCUT2D eigenvalue weighted by atomic mass is 10.1. The highest BCUT2D eigenvalue weighted by atomic mass is 16.5. The van der Waals surface area contributed by atoms with Gasteiger partial charge < -0.3 is 10.5 Å². The average Bonchev–Trinajstić information content (AvgIpc) is 2.47. The van der Waals surface area contributed by atoms with Crippen molar-refractivity contribution in [1.29, 1.82) is 0 Å². The number of rotatable bonds is 6. The quantitative estimate of drug-likeness (QED) is 0.646. The minimum Gasteiger partial charge on any atom is -0.465 e. The SMILES string of the molecule is Nc1ccc(CC(=O)OCCCc2ccccc2)nc1. The highest BCUT2D eigenvalue weighted by Crippen LogP contribution is 2.04. The van der Waals surface area contributed by atoms with Crippen molar-refractivity contribution in [3.63, 3.8) is 0 Å². The fraction of sp³-hybridized carbons (Fsp3) is 0.250. The second kappa shape index (κ2) is 7.28. The first-order valence-corrected chi connectivity index (χ1v) is 6.64. The van der Waals surface area contributed by atoms with Crippen LogP contribution < -0.4 is 5.73 Å². The third kappa shape index (κ3) is 4.72. The summed E-state index contributed by atoms with van der Waals surface area (Å²) in [6, 6.07) is 13.6. The van der Waals surface area contributed by atoms with Gasteiger partial charge in [0.2, 0.25) is 0 Å². The van der Waals surface area contributed by atoms with Crippen LogP contribution in [-0.2, 0) is 22.4 Å². The molecule has 4 heteroatoms. The number of nitrogens with zero attached hydrogens (tertiary/aromatic N) is 1. The maximum atomic E-state index is 11.6. The molecule has 2 aromatic rings. The van der Waals surface area contributed by atoms with Gasteiger partial charge in [-0.2, -0.15) is 0 Å². The van der Waals surface area contributed by atoms with Crippen LogP contribution in [0, 0.1) is 0 Å². The van der Waals surface area contributed by atoms with E-state index in [1.807, 2.05) is 18.2 Å². The molecule has 2 rings (SSSR count). The lowest BCUT2D eigenvalue weighted by molar-refractivity contribution is -0.142. The highest BCUT2D eigenvalue weighted by molar-refractivity contribution is 5.72. The van der Waals surface area contributed by atoms with Gasteiger partial charge >= 0.3 is 5.97 Å². The summed E-state index contributed by atoms with van der Waals surface area (Å²) in [5.41, 5.74) is 8.05. The Bertz CT molecular complexity index is 538. The number of aryl methyl sites for hydroxylation is 1. The Hall–Kier alpha value is -2.36. The van der Waals surface area contributed by atoms with Gasteiger partial charge in [0.25, 0.3) is 0 Å². The zero-order valence-corrected chi connectivity index (χ0v) is 11.3. The second-order valence-electron chi connectivity index (χ2n) is 4.57. The second-order valence-corrected chi connectivity index (χ2v) is 4.57. The Kier molecular flexibility index (Phi) is 5.12. The smallest absolute Gasteiger partial charge is 0.311 e. The van der Waals surface area contributed by atoms with E-state index >= 15 is 0 Å². The number of anilines is 1. The molecule has 0 bridgehead atoms. The highest BCUT2D eigenvalue weighted by Gasteiger charge is 2.05. The summed E-state index contributed by atoms with van der Waals surface area (Å²) in [6.07, 6.45) is 3.46. The Morgan fingerprint density at radius 1 is 1.15 bits per heavy atom. The van der Waals surface area contributed by atoms with Crippen molar-refractivity contribution in [3.8, 4) is 0 Å². The summed E-state index contributed by atoms with van der Waals surface area (Å²) in [4.78, 5) is 15.7. The van der Waals surface area contributed by atoms with Gasteiger partial charge in [0.1, 0.15) is 0 Å². The van der Waals surface area contributed by atoms with E-state index in [9.17, 15) is 4.79 Å². The van der Waals surface area contributed by atoms with Crippen LogP contribution in [0.2, 0.25) is 0 Å². The number of nitrogens with two attached hydrogens (primary N) is 1. The lowest BCUT2D eigenvalue weighted by Crippen LogP contribution is -2.10. The van der Waals surface area contributed by atoms with Crippen LogP contribution in [0.4, 0.5) is 5.69 Å². The number of hydrogen-bond acceptors (Lipinski definition) is 4. The summed E-state index contributed by atoms with van der Waals surface area (Å²) < 4.78 is 5.19. The predicted octanol–water partition coefficient (Wildman–Crippen LogP) is 2.38. The molecule has 1 aromatic carbocycles. The number of benzene rings is 1. The van der Waals surface area contributed by atoms with Gasteiger partial charge in [-0.1, -0.05) is 30.3 Å². The number of aromatic nitrogens is 1. The number of hydrogen-bond donors (Lipinski definition) is 1. The molecule has 0 amide bonds. The van der Waals surface area contributed by atoms with Crippen molar-refractivity contribution in [2.24, 2.45) is 0 Å². The largest absolute Gasteiger partial charge is 0.465 e. The van der Waals surface area contributed by atoms with E-state index in [0.29, 0.717) is 18.0 Å². The van der Waals surface area contributed by atoms with Gasteiger partial charge in [-0.25, -0.2) is 0 Å². The number of nitrogen functional groups attached to an aromatic ring is 1. The van der Waals surface area contributed by atoms with Crippen LogP contribution >= 0.6 is 0 Å². The van der Waals surface area contributed by atoms with Crippen molar-refractivity contribution >= 4 is 11.7 Å². The molecular formula is C16H18N2O2. The summed E-state index contributed by atoms with van der Waals surface area (Å²) >= 11 is 0. The van der Waals surface area contributed by atoms with Gasteiger partial charge in [0, 0.05) is 0 Å². The first-order chi connectivity index (χ1) is 9.74. The van der Waals surface area contributed by atoms with Gasteiger partial charge in [-0.05, 0) is 30.5 Å². The van der Waals surface area contributed by atoms with Crippen LogP contribution in [0.15, 0.2) is 48.7 Å². The first kappa shape index (κ1) is 14.1. The van der Waals surface area contributed by atoms with Crippen molar-refractivity contribution in [3.05, 3.63) is 59.9 Å². The number of carbonyl (C=O) groups is 1. The molecule has 2 N–H and O–H groups in total. The molecule has 0 saturated heterocycles. The minimum atomic E-state index is -0.254. The van der Waals surface area contributed by atoms with Crippen LogP contribution in [0.25, 0.3) is 0 Å². The van der Waals surface area contributed by atoms with Gasteiger partial charge in [0.15, 0.2) is 0 Å². The molecule has 0 aliphatic rings. The topological polar surface area (TPSA) is 65.2 Å². The molecule has 1 heterocycles. The molecule has 0 fully saturated rings. The molecule has 104 valence electrons.